The van der Waals surface area contributed by atoms with E-state index in [0.29, 0.717) is 0 Å². The molecule has 4 heteroatoms. The Bertz CT molecular complexity index is 3280. The molecule has 0 aliphatic carbocycles. The van der Waals surface area contributed by atoms with Crippen LogP contribution in [0, 0.1) is 0 Å². The largest absolute Gasteiger partial charge is 0.310 e. The van der Waals surface area contributed by atoms with Gasteiger partial charge in [-0.15, -0.1) is 0 Å². The van der Waals surface area contributed by atoms with Crippen molar-refractivity contribution >= 4 is 50.2 Å². The van der Waals surface area contributed by atoms with Crippen LogP contribution in [-0.2, 0) is 0 Å². The van der Waals surface area contributed by atoms with Crippen molar-refractivity contribution in [3.05, 3.63) is 231 Å². The first-order valence-electron chi connectivity index (χ1n) is 20.3. The standard InChI is InChI=1S/C56H38N4/c1-4-15-39(16-5-1)40-27-31-45(32-28-40)59(48-35-36-49(42-17-6-2-7-18-42)51(38-48)43-19-8-3-9-20-43)46-33-29-41(30-34-46)44-21-14-22-47(37-44)60-54-26-13-10-23-50(54)55-56(60)58-53-25-12-11-24-52(53)57-55/h1-38H. The zero-order chi connectivity index (χ0) is 39.8. The molecule has 2 heterocycles. The van der Waals surface area contributed by atoms with Crippen LogP contribution in [0.4, 0.5) is 17.1 Å². The lowest BCUT2D eigenvalue weighted by atomic mass is 9.93. The van der Waals surface area contributed by atoms with Crippen molar-refractivity contribution in [2.24, 2.45) is 0 Å². The predicted octanol–water partition coefficient (Wildman–Crippen LogP) is 14.9. The number of benzene rings is 9. The van der Waals surface area contributed by atoms with Gasteiger partial charge in [0.05, 0.1) is 16.6 Å². The van der Waals surface area contributed by atoms with Crippen LogP contribution < -0.4 is 4.90 Å². The summed E-state index contributed by atoms with van der Waals surface area (Å²) >= 11 is 0. The van der Waals surface area contributed by atoms with Gasteiger partial charge < -0.3 is 4.90 Å². The Hall–Kier alpha value is -8.08. The van der Waals surface area contributed by atoms with E-state index in [4.69, 9.17) is 9.97 Å². The monoisotopic (exact) mass is 766 g/mol. The van der Waals surface area contributed by atoms with E-state index in [1.54, 1.807) is 0 Å². The highest BCUT2D eigenvalue weighted by atomic mass is 15.1. The molecular weight excluding hydrogens is 729 g/mol. The Morgan fingerprint density at radius 2 is 0.833 bits per heavy atom. The summed E-state index contributed by atoms with van der Waals surface area (Å²) in [5.41, 5.74) is 18.3. The fourth-order valence-corrected chi connectivity index (χ4v) is 8.48. The zero-order valence-electron chi connectivity index (χ0n) is 32.7. The van der Waals surface area contributed by atoms with E-state index in [0.717, 1.165) is 67.0 Å². The van der Waals surface area contributed by atoms with Crippen LogP contribution in [-0.4, -0.2) is 14.5 Å². The molecule has 0 radical (unpaired) electrons. The maximum Gasteiger partial charge on any atom is 0.165 e. The Balaban J connectivity index is 1.02. The second-order valence-electron chi connectivity index (χ2n) is 15.0. The van der Waals surface area contributed by atoms with Gasteiger partial charge in [0.15, 0.2) is 5.65 Å². The molecular formula is C56H38N4. The van der Waals surface area contributed by atoms with Gasteiger partial charge in [0, 0.05) is 28.1 Å². The zero-order valence-corrected chi connectivity index (χ0v) is 32.7. The molecule has 11 rings (SSSR count). The first-order valence-corrected chi connectivity index (χ1v) is 20.3. The maximum atomic E-state index is 5.15. The molecule has 0 saturated carbocycles. The van der Waals surface area contributed by atoms with Crippen molar-refractivity contribution in [1.82, 2.24) is 14.5 Å². The molecule has 0 aliphatic rings. The number of nitrogens with zero attached hydrogens (tertiary/aromatic N) is 4. The highest BCUT2D eigenvalue weighted by Gasteiger charge is 2.19. The summed E-state index contributed by atoms with van der Waals surface area (Å²) in [5.74, 6) is 0. The number of para-hydroxylation sites is 3. The summed E-state index contributed by atoms with van der Waals surface area (Å²) in [6.45, 7) is 0. The number of rotatable bonds is 8. The van der Waals surface area contributed by atoms with Gasteiger partial charge in [-0.05, 0) is 111 Å². The lowest BCUT2D eigenvalue weighted by molar-refractivity contribution is 1.14. The van der Waals surface area contributed by atoms with E-state index in [1.165, 1.54) is 33.4 Å². The van der Waals surface area contributed by atoms with Crippen LogP contribution in [0.5, 0.6) is 0 Å². The minimum atomic E-state index is 0.851. The van der Waals surface area contributed by atoms with Crippen molar-refractivity contribution in [3.8, 4) is 50.2 Å². The molecule has 9 aromatic carbocycles. The highest BCUT2D eigenvalue weighted by Crippen LogP contribution is 2.42. The number of hydrogen-bond acceptors (Lipinski definition) is 3. The van der Waals surface area contributed by atoms with Crippen LogP contribution in [0.2, 0.25) is 0 Å². The first-order chi connectivity index (χ1) is 29.7. The van der Waals surface area contributed by atoms with Crippen LogP contribution in [0.3, 0.4) is 0 Å². The minimum Gasteiger partial charge on any atom is -0.310 e. The van der Waals surface area contributed by atoms with Crippen molar-refractivity contribution < 1.29 is 0 Å². The second kappa shape index (κ2) is 15.0. The summed E-state index contributed by atoms with van der Waals surface area (Å²) in [7, 11) is 0. The SMILES string of the molecule is c1ccc(-c2ccc(N(c3ccc(-c4cccc(-n5c6ccccc6c6nc7ccccc7nc65)c4)cc3)c3ccc(-c4ccccc4)c(-c4ccccc4)c3)cc2)cc1. The van der Waals surface area contributed by atoms with E-state index in [-0.39, 0.29) is 0 Å². The summed E-state index contributed by atoms with van der Waals surface area (Å²) in [5, 5.41) is 1.09. The van der Waals surface area contributed by atoms with E-state index >= 15 is 0 Å². The molecule has 11 aromatic rings. The molecule has 0 aliphatic heterocycles. The molecule has 4 nitrogen and oxygen atoms in total. The Kier molecular flexibility index (Phi) is 8.79. The molecule has 0 bridgehead atoms. The maximum absolute atomic E-state index is 5.15. The lowest BCUT2D eigenvalue weighted by Gasteiger charge is -2.27. The summed E-state index contributed by atoms with van der Waals surface area (Å²) < 4.78 is 2.24. The fourth-order valence-electron chi connectivity index (χ4n) is 8.48. The van der Waals surface area contributed by atoms with Gasteiger partial charge in [0.25, 0.3) is 0 Å². The summed E-state index contributed by atoms with van der Waals surface area (Å²) in [6.07, 6.45) is 0. The molecule has 0 N–H and O–H groups in total. The molecule has 0 amide bonds. The highest BCUT2D eigenvalue weighted by molar-refractivity contribution is 6.07. The Labute approximate surface area is 348 Å². The summed E-state index contributed by atoms with van der Waals surface area (Å²) in [6, 6.07) is 81.8. The third-order valence-electron chi connectivity index (χ3n) is 11.4. The lowest BCUT2D eigenvalue weighted by Crippen LogP contribution is -2.10. The quantitative estimate of drug-likeness (QED) is 0.154. The van der Waals surface area contributed by atoms with Crippen molar-refractivity contribution in [3.63, 3.8) is 0 Å². The number of fused-ring (bicyclic) bond motifs is 4. The van der Waals surface area contributed by atoms with Crippen molar-refractivity contribution in [2.75, 3.05) is 4.90 Å². The van der Waals surface area contributed by atoms with E-state index in [1.807, 2.05) is 24.3 Å². The molecule has 0 saturated heterocycles. The van der Waals surface area contributed by atoms with Gasteiger partial charge in [0.1, 0.15) is 5.52 Å². The Morgan fingerprint density at radius 1 is 0.333 bits per heavy atom. The number of hydrogen-bond donors (Lipinski definition) is 0. The van der Waals surface area contributed by atoms with Crippen LogP contribution in [0.25, 0.3) is 83.3 Å². The first kappa shape index (κ1) is 35.1. The summed E-state index contributed by atoms with van der Waals surface area (Å²) in [4.78, 5) is 12.6. The molecule has 0 fully saturated rings. The third-order valence-corrected chi connectivity index (χ3v) is 11.4. The number of aromatic nitrogens is 3. The van der Waals surface area contributed by atoms with E-state index in [9.17, 15) is 0 Å². The molecule has 0 atom stereocenters. The van der Waals surface area contributed by atoms with Gasteiger partial charge in [-0.25, -0.2) is 9.97 Å². The average molecular weight is 767 g/mol. The van der Waals surface area contributed by atoms with Crippen molar-refractivity contribution in [2.45, 2.75) is 0 Å². The Morgan fingerprint density at radius 3 is 1.50 bits per heavy atom. The van der Waals surface area contributed by atoms with Crippen LogP contribution in [0.1, 0.15) is 0 Å². The van der Waals surface area contributed by atoms with Crippen LogP contribution >= 0.6 is 0 Å². The topological polar surface area (TPSA) is 34.0 Å². The van der Waals surface area contributed by atoms with Gasteiger partial charge in [0.2, 0.25) is 0 Å². The van der Waals surface area contributed by atoms with E-state index in [2.05, 4.69) is 216 Å². The van der Waals surface area contributed by atoms with Crippen molar-refractivity contribution in [1.29, 1.82) is 0 Å². The normalized spacial score (nSPS) is 11.3. The molecule has 282 valence electrons. The molecule has 0 unspecified atom stereocenters. The average Bonchev–Trinajstić information content (AvgIpc) is 3.65. The van der Waals surface area contributed by atoms with Gasteiger partial charge in [-0.1, -0.05) is 164 Å². The second-order valence-corrected chi connectivity index (χ2v) is 15.0. The van der Waals surface area contributed by atoms with Crippen LogP contribution in [0.15, 0.2) is 231 Å². The third kappa shape index (κ3) is 6.37. The van der Waals surface area contributed by atoms with Gasteiger partial charge >= 0.3 is 0 Å². The van der Waals surface area contributed by atoms with Gasteiger partial charge in [-0.2, -0.15) is 0 Å². The smallest absolute Gasteiger partial charge is 0.165 e. The molecule has 0 spiro atoms. The predicted molar refractivity (Wildman–Crippen MR) is 250 cm³/mol. The molecule has 2 aromatic heterocycles. The molecule has 60 heavy (non-hydrogen) atoms. The van der Waals surface area contributed by atoms with Gasteiger partial charge in [-0.3, -0.25) is 4.57 Å². The minimum absolute atomic E-state index is 0.851. The van der Waals surface area contributed by atoms with E-state index < -0.39 is 0 Å². The number of anilines is 3. The fraction of sp³-hybridized carbons (Fsp3) is 0.